The second-order valence-electron chi connectivity index (χ2n) is 3.95. The van der Waals surface area contributed by atoms with Crippen LogP contribution >= 0.6 is 0 Å². The number of aliphatic hydroxyl groups is 1. The molecule has 94 valence electrons. The standard InChI is InChI=1S/C9H14F3NO3/c1-6-2-3-13(4-7(6)14)8(15)16-5-9(10,11)12/h6-7,14H,2-5H2,1H3. The van der Waals surface area contributed by atoms with E-state index in [2.05, 4.69) is 4.74 Å². The van der Waals surface area contributed by atoms with E-state index in [0.29, 0.717) is 13.0 Å². The van der Waals surface area contributed by atoms with Gasteiger partial charge in [-0.15, -0.1) is 0 Å². The van der Waals surface area contributed by atoms with Gasteiger partial charge in [-0.3, -0.25) is 0 Å². The van der Waals surface area contributed by atoms with Gasteiger partial charge in [0.05, 0.1) is 12.6 Å². The maximum absolute atomic E-state index is 11.8. The first-order chi connectivity index (χ1) is 7.29. The molecule has 2 unspecified atom stereocenters. The van der Waals surface area contributed by atoms with Crippen molar-refractivity contribution in [2.75, 3.05) is 19.7 Å². The lowest BCUT2D eigenvalue weighted by Crippen LogP contribution is -2.46. The number of nitrogens with zero attached hydrogens (tertiary/aromatic N) is 1. The number of rotatable bonds is 1. The van der Waals surface area contributed by atoms with Crippen molar-refractivity contribution in [3.63, 3.8) is 0 Å². The minimum atomic E-state index is -4.52. The average molecular weight is 241 g/mol. The Morgan fingerprint density at radius 1 is 1.56 bits per heavy atom. The van der Waals surface area contributed by atoms with Gasteiger partial charge in [-0.1, -0.05) is 6.92 Å². The minimum absolute atomic E-state index is 0.0257. The van der Waals surface area contributed by atoms with Crippen LogP contribution < -0.4 is 0 Å². The smallest absolute Gasteiger partial charge is 0.422 e. The van der Waals surface area contributed by atoms with Gasteiger partial charge in [-0.05, 0) is 12.3 Å². The van der Waals surface area contributed by atoms with Crippen molar-refractivity contribution in [2.45, 2.75) is 25.6 Å². The predicted molar refractivity (Wildman–Crippen MR) is 48.8 cm³/mol. The summed E-state index contributed by atoms with van der Waals surface area (Å²) >= 11 is 0. The molecule has 0 saturated carbocycles. The van der Waals surface area contributed by atoms with Crippen molar-refractivity contribution >= 4 is 6.09 Å². The van der Waals surface area contributed by atoms with Crippen LogP contribution in [0.1, 0.15) is 13.3 Å². The summed E-state index contributed by atoms with van der Waals surface area (Å²) in [7, 11) is 0. The second-order valence-corrected chi connectivity index (χ2v) is 3.95. The fraction of sp³-hybridized carbons (Fsp3) is 0.889. The zero-order valence-electron chi connectivity index (χ0n) is 8.83. The number of hydrogen-bond acceptors (Lipinski definition) is 3. The third kappa shape index (κ3) is 3.88. The highest BCUT2D eigenvalue weighted by Gasteiger charge is 2.33. The number of carbonyl (C=O) groups excluding carboxylic acids is 1. The molecule has 0 radical (unpaired) electrons. The van der Waals surface area contributed by atoms with E-state index in [1.165, 1.54) is 0 Å². The minimum Gasteiger partial charge on any atom is -0.440 e. The van der Waals surface area contributed by atoms with E-state index in [0.717, 1.165) is 4.90 Å². The summed E-state index contributed by atoms with van der Waals surface area (Å²) in [5, 5.41) is 9.45. The average Bonchev–Trinajstić information content (AvgIpc) is 2.17. The molecule has 16 heavy (non-hydrogen) atoms. The maximum atomic E-state index is 11.8. The van der Waals surface area contributed by atoms with Crippen LogP contribution in [0.5, 0.6) is 0 Å². The van der Waals surface area contributed by atoms with Crippen LogP contribution in [0.3, 0.4) is 0 Å². The number of amides is 1. The molecule has 0 bridgehead atoms. The number of alkyl halides is 3. The number of hydrogen-bond donors (Lipinski definition) is 1. The molecule has 1 amide bonds. The molecule has 4 nitrogen and oxygen atoms in total. The summed E-state index contributed by atoms with van der Waals surface area (Å²) in [5.41, 5.74) is 0. The lowest BCUT2D eigenvalue weighted by atomic mass is 9.96. The summed E-state index contributed by atoms with van der Waals surface area (Å²) in [4.78, 5) is 12.3. The van der Waals surface area contributed by atoms with Crippen molar-refractivity contribution in [2.24, 2.45) is 5.92 Å². The Labute approximate surface area is 91.0 Å². The van der Waals surface area contributed by atoms with Gasteiger partial charge in [-0.25, -0.2) is 4.79 Å². The molecule has 1 fully saturated rings. The Hall–Kier alpha value is -0.980. The number of piperidine rings is 1. The Kier molecular flexibility index (Phi) is 4.01. The van der Waals surface area contributed by atoms with Gasteiger partial charge in [-0.2, -0.15) is 13.2 Å². The van der Waals surface area contributed by atoms with Crippen LogP contribution in [0.15, 0.2) is 0 Å². The van der Waals surface area contributed by atoms with E-state index in [1.807, 2.05) is 6.92 Å². The fourth-order valence-corrected chi connectivity index (χ4v) is 1.45. The molecule has 0 aliphatic carbocycles. The van der Waals surface area contributed by atoms with E-state index < -0.39 is 25.0 Å². The number of likely N-dealkylation sites (tertiary alicyclic amines) is 1. The molecular weight excluding hydrogens is 227 g/mol. The number of aliphatic hydroxyl groups excluding tert-OH is 1. The van der Waals surface area contributed by atoms with Crippen molar-refractivity contribution in [1.29, 1.82) is 0 Å². The molecule has 1 aliphatic rings. The zero-order chi connectivity index (χ0) is 12.3. The van der Waals surface area contributed by atoms with Crippen molar-refractivity contribution in [3.8, 4) is 0 Å². The summed E-state index contributed by atoms with van der Waals surface area (Å²) in [6.07, 6.45) is -5.69. The molecule has 1 rings (SSSR count). The van der Waals surface area contributed by atoms with Crippen LogP contribution in [-0.4, -0.2) is 48.1 Å². The first kappa shape index (κ1) is 13.1. The molecular formula is C9H14F3NO3. The predicted octanol–water partition coefficient (Wildman–Crippen LogP) is 1.39. The first-order valence-electron chi connectivity index (χ1n) is 4.96. The highest BCUT2D eigenvalue weighted by atomic mass is 19.4. The number of β-amino-alcohol motifs (C(OH)–C–C–N with tert-alkyl or cyclic N) is 1. The van der Waals surface area contributed by atoms with Gasteiger partial charge < -0.3 is 14.7 Å². The molecule has 0 aromatic heterocycles. The van der Waals surface area contributed by atoms with E-state index in [9.17, 15) is 23.1 Å². The quantitative estimate of drug-likeness (QED) is 0.754. The normalized spacial score (nSPS) is 26.7. The van der Waals surface area contributed by atoms with Crippen LogP contribution in [0.2, 0.25) is 0 Å². The molecule has 7 heteroatoms. The zero-order valence-corrected chi connectivity index (χ0v) is 8.83. The van der Waals surface area contributed by atoms with Gasteiger partial charge in [0.25, 0.3) is 0 Å². The third-order valence-electron chi connectivity index (χ3n) is 2.54. The highest BCUT2D eigenvalue weighted by Crippen LogP contribution is 2.19. The number of ether oxygens (including phenoxy) is 1. The Morgan fingerprint density at radius 2 is 2.19 bits per heavy atom. The summed E-state index contributed by atoms with van der Waals surface area (Å²) in [5.74, 6) is 0.0478. The second kappa shape index (κ2) is 4.90. The van der Waals surface area contributed by atoms with Crippen LogP contribution in [-0.2, 0) is 4.74 Å². The number of carbonyl (C=O) groups is 1. The summed E-state index contributed by atoms with van der Waals surface area (Å²) in [6, 6.07) is 0. The summed E-state index contributed by atoms with van der Waals surface area (Å²) in [6.45, 7) is 0.573. The molecule has 1 N–H and O–H groups in total. The molecule has 1 saturated heterocycles. The maximum Gasteiger partial charge on any atom is 0.422 e. The van der Waals surface area contributed by atoms with E-state index in [1.54, 1.807) is 0 Å². The van der Waals surface area contributed by atoms with Crippen LogP contribution in [0, 0.1) is 5.92 Å². The Morgan fingerprint density at radius 3 is 2.69 bits per heavy atom. The van der Waals surface area contributed by atoms with Crippen LogP contribution in [0.4, 0.5) is 18.0 Å². The number of halogens is 3. The van der Waals surface area contributed by atoms with Gasteiger partial charge in [0, 0.05) is 6.54 Å². The molecule has 1 heterocycles. The van der Waals surface area contributed by atoms with Crippen molar-refractivity contribution in [3.05, 3.63) is 0 Å². The van der Waals surface area contributed by atoms with E-state index in [-0.39, 0.29) is 12.5 Å². The lowest BCUT2D eigenvalue weighted by molar-refractivity contribution is -0.163. The van der Waals surface area contributed by atoms with Crippen LogP contribution in [0.25, 0.3) is 0 Å². The topological polar surface area (TPSA) is 49.8 Å². The first-order valence-corrected chi connectivity index (χ1v) is 4.96. The Bertz CT molecular complexity index is 257. The Balaban J connectivity index is 2.38. The molecule has 0 aromatic rings. The van der Waals surface area contributed by atoms with Gasteiger partial charge in [0.15, 0.2) is 6.61 Å². The molecule has 1 aliphatic heterocycles. The largest absolute Gasteiger partial charge is 0.440 e. The van der Waals surface area contributed by atoms with Crippen molar-refractivity contribution < 1.29 is 27.8 Å². The van der Waals surface area contributed by atoms with Gasteiger partial charge >= 0.3 is 12.3 Å². The van der Waals surface area contributed by atoms with E-state index in [4.69, 9.17) is 0 Å². The summed E-state index contributed by atoms with van der Waals surface area (Å²) < 4.78 is 39.4. The molecule has 2 atom stereocenters. The lowest BCUT2D eigenvalue weighted by Gasteiger charge is -2.33. The van der Waals surface area contributed by atoms with Gasteiger partial charge in [0.1, 0.15) is 0 Å². The van der Waals surface area contributed by atoms with Crippen molar-refractivity contribution in [1.82, 2.24) is 4.90 Å². The monoisotopic (exact) mass is 241 g/mol. The van der Waals surface area contributed by atoms with Gasteiger partial charge in [0.2, 0.25) is 0 Å². The fourth-order valence-electron chi connectivity index (χ4n) is 1.45. The molecule has 0 aromatic carbocycles. The SMILES string of the molecule is CC1CCN(C(=O)OCC(F)(F)F)CC1O. The van der Waals surface area contributed by atoms with E-state index >= 15 is 0 Å². The third-order valence-corrected chi connectivity index (χ3v) is 2.54. The highest BCUT2D eigenvalue weighted by molar-refractivity contribution is 5.67. The molecule has 0 spiro atoms.